The number of nitrogens with two attached hydrogens (primary N) is 1. The van der Waals surface area contributed by atoms with Crippen molar-refractivity contribution in [1.82, 2.24) is 0 Å². The van der Waals surface area contributed by atoms with Crippen LogP contribution >= 0.6 is 0 Å². The number of hydrogen-bond acceptors (Lipinski definition) is 4. The number of ether oxygens (including phenoxy) is 1. The summed E-state index contributed by atoms with van der Waals surface area (Å²) in [5, 5.41) is 9.86. The van der Waals surface area contributed by atoms with Crippen molar-refractivity contribution in [3.8, 4) is 5.75 Å². The van der Waals surface area contributed by atoms with Crippen molar-refractivity contribution in [2.75, 3.05) is 12.4 Å². The Kier molecular flexibility index (Phi) is 5.97. The Morgan fingerprint density at radius 1 is 1.37 bits per heavy atom. The topological polar surface area (TPSA) is 72.5 Å². The molecule has 4 nitrogen and oxygen atoms in total. The van der Waals surface area contributed by atoms with E-state index in [1.54, 1.807) is 0 Å². The quantitative estimate of drug-likeness (QED) is 0.829. The van der Waals surface area contributed by atoms with Gasteiger partial charge in [-0.15, -0.1) is 0 Å². The molecule has 5 heteroatoms. The van der Waals surface area contributed by atoms with Gasteiger partial charge in [-0.2, -0.15) is 0 Å². The van der Waals surface area contributed by atoms with Gasteiger partial charge in [0.15, 0.2) is 0 Å². The Hall–Kier alpha value is -0.910. The first-order chi connectivity index (χ1) is 8.84. The molecule has 0 aliphatic rings. The highest BCUT2D eigenvalue weighted by molar-refractivity contribution is 7.86. The average Bonchev–Trinajstić information content (AvgIpc) is 2.35. The van der Waals surface area contributed by atoms with Gasteiger partial charge < -0.3 is 15.6 Å². The molecule has 0 spiro atoms. The van der Waals surface area contributed by atoms with Gasteiger partial charge in [-0.05, 0) is 26.8 Å². The van der Waals surface area contributed by atoms with E-state index in [1.807, 2.05) is 45.0 Å². The van der Waals surface area contributed by atoms with Crippen molar-refractivity contribution in [1.29, 1.82) is 0 Å². The van der Waals surface area contributed by atoms with E-state index in [-0.39, 0.29) is 17.1 Å². The first kappa shape index (κ1) is 16.1. The number of aliphatic hydroxyl groups excluding tert-OH is 1. The van der Waals surface area contributed by atoms with Crippen LogP contribution in [0, 0.1) is 0 Å². The van der Waals surface area contributed by atoms with Gasteiger partial charge in [-0.25, -0.2) is 0 Å². The van der Waals surface area contributed by atoms with Crippen LogP contribution in [0.15, 0.2) is 24.3 Å². The zero-order chi connectivity index (χ0) is 14.5. The molecule has 0 saturated carbocycles. The third-order valence-corrected chi connectivity index (χ3v) is 4.70. The lowest BCUT2D eigenvalue weighted by Gasteiger charge is -2.20. The van der Waals surface area contributed by atoms with Gasteiger partial charge in [-0.1, -0.05) is 18.2 Å². The Morgan fingerprint density at radius 2 is 2.00 bits per heavy atom. The maximum Gasteiger partial charge on any atom is 0.123 e. The summed E-state index contributed by atoms with van der Waals surface area (Å²) in [6.07, 6.45) is -0.745. The summed E-state index contributed by atoms with van der Waals surface area (Å²) >= 11 is 0. The SMILES string of the molecule is CC(C)(C)S(=O)CC(O)COc1ccccc1CN. The monoisotopic (exact) mass is 285 g/mol. The highest BCUT2D eigenvalue weighted by Gasteiger charge is 2.22. The van der Waals surface area contributed by atoms with Crippen LogP contribution in [0.4, 0.5) is 0 Å². The molecule has 1 aromatic carbocycles. The summed E-state index contributed by atoms with van der Waals surface area (Å²) in [6.45, 7) is 6.18. The van der Waals surface area contributed by atoms with Crippen molar-refractivity contribution in [3.63, 3.8) is 0 Å². The van der Waals surface area contributed by atoms with Gasteiger partial charge in [0.25, 0.3) is 0 Å². The number of rotatable bonds is 6. The lowest BCUT2D eigenvalue weighted by atomic mass is 10.2. The Labute approximate surface area is 117 Å². The number of para-hydroxylation sites is 1. The zero-order valence-corrected chi connectivity index (χ0v) is 12.6. The summed E-state index contributed by atoms with van der Waals surface area (Å²) in [4.78, 5) is 0. The van der Waals surface area contributed by atoms with E-state index in [2.05, 4.69) is 0 Å². The summed E-state index contributed by atoms with van der Waals surface area (Å²) in [5.41, 5.74) is 6.50. The maximum absolute atomic E-state index is 11.9. The molecule has 0 aliphatic carbocycles. The molecular formula is C14H23NO3S. The third kappa shape index (κ3) is 5.30. The zero-order valence-electron chi connectivity index (χ0n) is 11.8. The van der Waals surface area contributed by atoms with Crippen LogP contribution in [0.25, 0.3) is 0 Å². The molecule has 0 aromatic heterocycles. The molecule has 1 aromatic rings. The second kappa shape index (κ2) is 7.03. The summed E-state index contributed by atoms with van der Waals surface area (Å²) in [5.74, 6) is 0.888. The van der Waals surface area contributed by atoms with Gasteiger partial charge in [0.1, 0.15) is 12.4 Å². The molecule has 2 atom stereocenters. The lowest BCUT2D eigenvalue weighted by Crippen LogP contribution is -2.32. The fourth-order valence-electron chi connectivity index (χ4n) is 1.47. The Balaban J connectivity index is 2.50. The molecule has 0 fully saturated rings. The molecule has 0 amide bonds. The molecule has 0 bridgehead atoms. The summed E-state index contributed by atoms with van der Waals surface area (Å²) in [6, 6.07) is 7.44. The van der Waals surface area contributed by atoms with Gasteiger partial charge in [0.05, 0.1) is 11.9 Å². The lowest BCUT2D eigenvalue weighted by molar-refractivity contribution is 0.125. The van der Waals surface area contributed by atoms with Crippen molar-refractivity contribution >= 4 is 10.8 Å². The van der Waals surface area contributed by atoms with E-state index in [9.17, 15) is 9.32 Å². The van der Waals surface area contributed by atoms with Crippen molar-refractivity contribution < 1.29 is 14.1 Å². The number of hydrogen-bond donors (Lipinski definition) is 2. The fraction of sp³-hybridized carbons (Fsp3) is 0.571. The van der Waals surface area contributed by atoms with Crippen molar-refractivity contribution in [2.45, 2.75) is 38.2 Å². The molecular weight excluding hydrogens is 262 g/mol. The number of benzene rings is 1. The van der Waals surface area contributed by atoms with E-state index in [1.165, 1.54) is 0 Å². The number of aliphatic hydroxyl groups is 1. The minimum atomic E-state index is -1.09. The van der Waals surface area contributed by atoms with Crippen LogP contribution in [0.5, 0.6) is 5.75 Å². The van der Waals surface area contributed by atoms with Gasteiger partial charge in [0.2, 0.25) is 0 Å². The van der Waals surface area contributed by atoms with Crippen LogP contribution in [-0.2, 0) is 17.3 Å². The first-order valence-electron chi connectivity index (χ1n) is 6.32. The van der Waals surface area contributed by atoms with Gasteiger partial charge >= 0.3 is 0 Å². The Morgan fingerprint density at radius 3 is 2.58 bits per heavy atom. The fourth-order valence-corrected chi connectivity index (χ4v) is 2.42. The predicted molar refractivity (Wildman–Crippen MR) is 78.6 cm³/mol. The van der Waals surface area contributed by atoms with Crippen molar-refractivity contribution in [3.05, 3.63) is 29.8 Å². The van der Waals surface area contributed by atoms with Crippen LogP contribution in [0.1, 0.15) is 26.3 Å². The smallest absolute Gasteiger partial charge is 0.123 e. The first-order valence-corrected chi connectivity index (χ1v) is 7.64. The molecule has 3 N–H and O–H groups in total. The minimum Gasteiger partial charge on any atom is -0.491 e. The molecule has 1 rings (SSSR count). The van der Waals surface area contributed by atoms with E-state index >= 15 is 0 Å². The van der Waals surface area contributed by atoms with E-state index in [0.717, 1.165) is 5.56 Å². The average molecular weight is 285 g/mol. The second-order valence-electron chi connectivity index (χ2n) is 5.40. The summed E-state index contributed by atoms with van der Waals surface area (Å²) in [7, 11) is -1.09. The van der Waals surface area contributed by atoms with Crippen molar-refractivity contribution in [2.24, 2.45) is 5.73 Å². The minimum absolute atomic E-state index is 0.124. The molecule has 0 saturated heterocycles. The third-order valence-electron chi connectivity index (χ3n) is 2.65. The largest absolute Gasteiger partial charge is 0.491 e. The van der Waals surface area contributed by atoms with Crippen LogP contribution in [-0.4, -0.2) is 32.5 Å². The van der Waals surface area contributed by atoms with E-state index < -0.39 is 16.9 Å². The highest BCUT2D eigenvalue weighted by Crippen LogP contribution is 2.18. The molecule has 108 valence electrons. The predicted octanol–water partition coefficient (Wildman–Crippen LogP) is 1.43. The summed E-state index contributed by atoms with van der Waals surface area (Å²) < 4.78 is 17.1. The normalized spacial score (nSPS) is 15.0. The standard InChI is InChI=1S/C14H23NO3S/c1-14(2,3)19(17)10-12(16)9-18-13-7-5-4-6-11(13)8-15/h4-7,12,16H,8-10,15H2,1-3H3. The van der Waals surface area contributed by atoms with E-state index in [4.69, 9.17) is 10.5 Å². The van der Waals surface area contributed by atoms with Crippen LogP contribution in [0.3, 0.4) is 0 Å². The maximum atomic E-state index is 11.9. The molecule has 19 heavy (non-hydrogen) atoms. The second-order valence-corrected chi connectivity index (χ2v) is 7.65. The highest BCUT2D eigenvalue weighted by atomic mass is 32.2. The van der Waals surface area contributed by atoms with Gasteiger partial charge in [-0.3, -0.25) is 4.21 Å². The molecule has 0 radical (unpaired) electrons. The van der Waals surface area contributed by atoms with Gasteiger partial charge in [0, 0.05) is 27.7 Å². The molecule has 0 aliphatic heterocycles. The molecule has 2 unspecified atom stereocenters. The van der Waals surface area contributed by atoms with E-state index in [0.29, 0.717) is 12.3 Å². The Bertz CT molecular complexity index is 429. The van der Waals surface area contributed by atoms with Crippen LogP contribution < -0.4 is 10.5 Å². The van der Waals surface area contributed by atoms with Crippen LogP contribution in [0.2, 0.25) is 0 Å². The molecule has 0 heterocycles.